The van der Waals surface area contributed by atoms with Gasteiger partial charge in [0.15, 0.2) is 0 Å². The lowest BCUT2D eigenvalue weighted by Crippen LogP contribution is -2.12. The Labute approximate surface area is 187 Å². The average molecular weight is 449 g/mol. The summed E-state index contributed by atoms with van der Waals surface area (Å²) in [6.07, 6.45) is 0. The van der Waals surface area contributed by atoms with Crippen molar-refractivity contribution in [2.75, 3.05) is 24.7 Å². The van der Waals surface area contributed by atoms with Crippen molar-refractivity contribution in [1.82, 2.24) is 0 Å². The topological polar surface area (TPSA) is 92.9 Å². The van der Waals surface area contributed by atoms with Gasteiger partial charge in [-0.05, 0) is 54.4 Å². The molecule has 0 atom stereocenters. The van der Waals surface area contributed by atoms with Crippen LogP contribution >= 0.6 is 0 Å². The summed E-state index contributed by atoms with van der Waals surface area (Å²) in [5, 5.41) is 11.0. The molecule has 3 N–H and O–H groups in total. The molecule has 7 heteroatoms. The quantitative estimate of drug-likeness (QED) is 0.332. The summed E-state index contributed by atoms with van der Waals surface area (Å²) < 4.78 is 32.0. The molecule has 0 saturated heterocycles. The number of fused-ring (bicyclic) bond motifs is 1. The van der Waals surface area contributed by atoms with E-state index in [0.29, 0.717) is 16.6 Å². The van der Waals surface area contributed by atoms with Crippen molar-refractivity contribution < 1.29 is 17.7 Å². The highest BCUT2D eigenvalue weighted by Gasteiger charge is 2.22. The number of hydrogen-bond acceptors (Lipinski definition) is 6. The highest BCUT2D eigenvalue weighted by Crippen LogP contribution is 2.35. The molecule has 32 heavy (non-hydrogen) atoms. The van der Waals surface area contributed by atoms with E-state index in [0.717, 1.165) is 22.2 Å². The first-order valence-corrected chi connectivity index (χ1v) is 11.4. The molecule has 4 rings (SSSR count). The first kappa shape index (κ1) is 21.5. The highest BCUT2D eigenvalue weighted by molar-refractivity contribution is 7.87. The molecule has 0 amide bonds. The van der Waals surface area contributed by atoms with Gasteiger partial charge in [0, 0.05) is 47.9 Å². The summed E-state index contributed by atoms with van der Waals surface area (Å²) in [4.78, 5) is 2.06. The lowest BCUT2D eigenvalue weighted by molar-refractivity contribution is 0.475. The zero-order chi connectivity index (χ0) is 23.0. The van der Waals surface area contributed by atoms with Gasteiger partial charge in [0.1, 0.15) is 16.4 Å². The van der Waals surface area contributed by atoms with Crippen LogP contribution in [0.4, 0.5) is 11.4 Å². The van der Waals surface area contributed by atoms with Crippen LogP contribution < -0.4 is 14.8 Å². The van der Waals surface area contributed by atoms with E-state index >= 15 is 0 Å². The number of nitrogens with two attached hydrogens (primary N) is 1. The number of benzene rings is 4. The van der Waals surface area contributed by atoms with Gasteiger partial charge in [-0.25, -0.2) is 0 Å². The van der Waals surface area contributed by atoms with Crippen molar-refractivity contribution in [1.29, 1.82) is 0 Å². The Morgan fingerprint density at radius 3 is 2.31 bits per heavy atom. The number of phenols is 1. The van der Waals surface area contributed by atoms with E-state index in [-0.39, 0.29) is 16.4 Å². The van der Waals surface area contributed by atoms with Crippen molar-refractivity contribution in [2.45, 2.75) is 11.8 Å². The zero-order valence-corrected chi connectivity index (χ0v) is 18.8. The predicted octanol–water partition coefficient (Wildman–Crippen LogP) is 4.94. The van der Waals surface area contributed by atoms with Crippen LogP contribution in [0.3, 0.4) is 0 Å². The maximum atomic E-state index is 13.2. The van der Waals surface area contributed by atoms with E-state index in [1.165, 1.54) is 6.07 Å². The van der Waals surface area contributed by atoms with Crippen LogP contribution in [0.25, 0.3) is 21.9 Å². The zero-order valence-electron chi connectivity index (χ0n) is 18.0. The third kappa shape index (κ3) is 3.94. The maximum Gasteiger partial charge on any atom is 0.339 e. The van der Waals surface area contributed by atoms with Gasteiger partial charge >= 0.3 is 10.1 Å². The van der Waals surface area contributed by atoms with Gasteiger partial charge in [0.2, 0.25) is 0 Å². The van der Waals surface area contributed by atoms with Gasteiger partial charge in [0.25, 0.3) is 0 Å². The Balaban J connectivity index is 1.72. The molecule has 4 aromatic carbocycles. The van der Waals surface area contributed by atoms with E-state index < -0.39 is 10.1 Å². The summed E-state index contributed by atoms with van der Waals surface area (Å²) in [6.45, 7) is 1.78. The van der Waals surface area contributed by atoms with Crippen molar-refractivity contribution in [3.63, 3.8) is 0 Å². The average Bonchev–Trinajstić information content (AvgIpc) is 2.74. The van der Waals surface area contributed by atoms with E-state index in [1.807, 2.05) is 37.2 Å². The fourth-order valence-electron chi connectivity index (χ4n) is 3.76. The molecule has 0 radical (unpaired) electrons. The number of aryl methyl sites for hydroxylation is 1. The molecule has 0 bridgehead atoms. The number of nitrogen functional groups attached to an aromatic ring is 1. The van der Waals surface area contributed by atoms with E-state index in [1.54, 1.807) is 55.5 Å². The minimum atomic E-state index is -4.07. The van der Waals surface area contributed by atoms with E-state index in [4.69, 9.17) is 9.92 Å². The number of aromatic hydroxyl groups is 1. The van der Waals surface area contributed by atoms with Gasteiger partial charge < -0.3 is 19.9 Å². The summed E-state index contributed by atoms with van der Waals surface area (Å²) in [5.41, 5.74) is 9.55. The van der Waals surface area contributed by atoms with Crippen molar-refractivity contribution in [2.24, 2.45) is 0 Å². The molecule has 0 aromatic heterocycles. The second-order valence-corrected chi connectivity index (χ2v) is 9.33. The lowest BCUT2D eigenvalue weighted by atomic mass is 10.0. The van der Waals surface area contributed by atoms with Crippen molar-refractivity contribution in [3.05, 3.63) is 78.4 Å². The minimum Gasteiger partial charge on any atom is -0.508 e. The van der Waals surface area contributed by atoms with Crippen molar-refractivity contribution in [3.8, 4) is 22.6 Å². The second-order valence-electron chi connectivity index (χ2n) is 7.81. The van der Waals surface area contributed by atoms with Gasteiger partial charge in [0.05, 0.1) is 0 Å². The number of phenolic OH excluding ortho intramolecular Hbond substituents is 1. The van der Waals surface area contributed by atoms with Crippen LogP contribution in [0, 0.1) is 6.92 Å². The molecule has 0 heterocycles. The summed E-state index contributed by atoms with van der Waals surface area (Å²) in [6, 6.07) is 20.6. The van der Waals surface area contributed by atoms with Gasteiger partial charge in [-0.3, -0.25) is 0 Å². The van der Waals surface area contributed by atoms with Gasteiger partial charge in [-0.1, -0.05) is 30.3 Å². The molecule has 0 aliphatic carbocycles. The molecule has 0 spiro atoms. The van der Waals surface area contributed by atoms with Crippen LogP contribution in [0.1, 0.15) is 5.56 Å². The second kappa shape index (κ2) is 8.09. The Bertz CT molecular complexity index is 1430. The normalized spacial score (nSPS) is 11.5. The molecular weight excluding hydrogens is 424 g/mol. The predicted molar refractivity (Wildman–Crippen MR) is 129 cm³/mol. The van der Waals surface area contributed by atoms with Crippen LogP contribution in [-0.2, 0) is 10.1 Å². The Hall–Kier alpha value is -3.71. The molecule has 0 saturated carbocycles. The first-order chi connectivity index (χ1) is 15.2. The molecule has 0 aliphatic heterocycles. The summed E-state index contributed by atoms with van der Waals surface area (Å²) in [7, 11) is -0.243. The van der Waals surface area contributed by atoms with Gasteiger partial charge in [-0.2, -0.15) is 8.42 Å². The fourth-order valence-corrected chi connectivity index (χ4v) is 4.96. The van der Waals surface area contributed by atoms with E-state index in [9.17, 15) is 13.5 Å². The smallest absolute Gasteiger partial charge is 0.339 e. The molecule has 0 fully saturated rings. The third-order valence-corrected chi connectivity index (χ3v) is 6.62. The van der Waals surface area contributed by atoms with Crippen LogP contribution in [0.2, 0.25) is 0 Å². The number of nitrogens with zero attached hydrogens (tertiary/aromatic N) is 1. The van der Waals surface area contributed by atoms with Crippen LogP contribution in [-0.4, -0.2) is 27.6 Å². The molecular formula is C25H24N2O4S. The summed E-state index contributed by atoms with van der Waals surface area (Å²) >= 11 is 0. The lowest BCUT2D eigenvalue weighted by Gasteiger charge is -2.17. The maximum absolute atomic E-state index is 13.2. The monoisotopic (exact) mass is 448 g/mol. The first-order valence-electron chi connectivity index (χ1n) is 10.0. The Kier molecular flexibility index (Phi) is 5.44. The summed E-state index contributed by atoms with van der Waals surface area (Å²) in [5.74, 6) is 0.327. The number of anilines is 2. The molecule has 0 unspecified atom stereocenters. The molecule has 4 aromatic rings. The largest absolute Gasteiger partial charge is 0.508 e. The molecule has 0 aliphatic rings. The van der Waals surface area contributed by atoms with Crippen LogP contribution in [0.5, 0.6) is 11.5 Å². The Morgan fingerprint density at radius 1 is 0.906 bits per heavy atom. The highest BCUT2D eigenvalue weighted by atomic mass is 32.2. The Morgan fingerprint density at radius 2 is 1.62 bits per heavy atom. The molecule has 164 valence electrons. The van der Waals surface area contributed by atoms with Crippen molar-refractivity contribution >= 4 is 32.3 Å². The SMILES string of the molecule is Cc1cc(-c2ccc(O)cc2N)ccc1OS(=O)(=O)c1cccc2c(N(C)C)cccc12. The van der Waals surface area contributed by atoms with Crippen LogP contribution in [0.15, 0.2) is 77.7 Å². The third-order valence-electron chi connectivity index (χ3n) is 5.33. The molecule has 6 nitrogen and oxygen atoms in total. The van der Waals surface area contributed by atoms with Gasteiger partial charge in [-0.15, -0.1) is 0 Å². The minimum absolute atomic E-state index is 0.0848. The number of rotatable bonds is 5. The van der Waals surface area contributed by atoms with E-state index in [2.05, 4.69) is 0 Å². The number of hydrogen-bond donors (Lipinski definition) is 2. The fraction of sp³-hybridized carbons (Fsp3) is 0.120. The standard InChI is InChI=1S/C25H24N2O4S/c1-16-14-17(19-12-11-18(28)15-22(19)26)10-13-24(16)31-32(29,30)25-9-5-6-20-21(25)7-4-8-23(20)27(2)3/h4-15,28H,26H2,1-3H3.